The van der Waals surface area contributed by atoms with Crippen molar-refractivity contribution < 1.29 is 4.39 Å². The Balaban J connectivity index is 2.00. The Hall–Kier alpha value is -1.49. The Morgan fingerprint density at radius 3 is 2.70 bits per heavy atom. The van der Waals surface area contributed by atoms with Crippen LogP contribution in [0.25, 0.3) is 0 Å². The summed E-state index contributed by atoms with van der Waals surface area (Å²) in [6.45, 7) is 4.34. The summed E-state index contributed by atoms with van der Waals surface area (Å²) in [5.74, 6) is 0.438. The summed E-state index contributed by atoms with van der Waals surface area (Å²) in [6.07, 6.45) is 4.19. The molecule has 108 valence electrons. The first-order valence-corrected chi connectivity index (χ1v) is 7.84. The van der Waals surface area contributed by atoms with Gasteiger partial charge in [0.1, 0.15) is 5.82 Å². The molecule has 1 aromatic carbocycles. The van der Waals surface area contributed by atoms with Crippen molar-refractivity contribution in [1.29, 1.82) is 0 Å². The Bertz CT molecular complexity index is 564. The van der Waals surface area contributed by atoms with E-state index in [0.717, 1.165) is 29.2 Å². The SMILES string of the molecule is CCC(CC)n1ccc(CSc2ccc(F)cc2N)n1. The standard InChI is InChI=1S/C15H20FN3S/c1-3-13(4-2)19-8-7-12(18-19)10-20-15-6-5-11(16)9-14(15)17/h5-9,13H,3-4,10,17H2,1-2H3. The zero-order valence-corrected chi connectivity index (χ0v) is 12.7. The normalized spacial score (nSPS) is 11.2. The van der Waals surface area contributed by atoms with Gasteiger partial charge in [0.15, 0.2) is 0 Å². The summed E-state index contributed by atoms with van der Waals surface area (Å²) in [6, 6.07) is 7.00. The van der Waals surface area contributed by atoms with Gasteiger partial charge in [-0.3, -0.25) is 4.68 Å². The number of benzene rings is 1. The summed E-state index contributed by atoms with van der Waals surface area (Å²) >= 11 is 1.58. The minimum absolute atomic E-state index is 0.301. The number of nitrogens with zero attached hydrogens (tertiary/aromatic N) is 2. The second-order valence-electron chi connectivity index (χ2n) is 4.73. The largest absolute Gasteiger partial charge is 0.398 e. The lowest BCUT2D eigenvalue weighted by Gasteiger charge is -2.12. The van der Waals surface area contributed by atoms with Gasteiger partial charge in [0.05, 0.1) is 11.7 Å². The van der Waals surface area contributed by atoms with E-state index in [0.29, 0.717) is 11.7 Å². The van der Waals surface area contributed by atoms with Crippen LogP contribution >= 0.6 is 11.8 Å². The third kappa shape index (κ3) is 3.54. The second kappa shape index (κ2) is 6.79. The van der Waals surface area contributed by atoms with Crippen LogP contribution in [0.1, 0.15) is 38.4 Å². The Morgan fingerprint density at radius 1 is 1.30 bits per heavy atom. The van der Waals surface area contributed by atoms with Gasteiger partial charge in [-0.1, -0.05) is 13.8 Å². The van der Waals surface area contributed by atoms with Crippen LogP contribution in [0, 0.1) is 5.82 Å². The quantitative estimate of drug-likeness (QED) is 0.639. The van der Waals surface area contributed by atoms with Gasteiger partial charge in [-0.15, -0.1) is 11.8 Å². The molecule has 0 amide bonds. The molecule has 2 rings (SSSR count). The molecule has 1 aromatic heterocycles. The van der Waals surface area contributed by atoms with Gasteiger partial charge in [0.2, 0.25) is 0 Å². The number of thioether (sulfide) groups is 1. The molecule has 1 heterocycles. The van der Waals surface area contributed by atoms with Gasteiger partial charge in [0, 0.05) is 22.5 Å². The number of anilines is 1. The molecule has 0 aliphatic carbocycles. The fourth-order valence-electron chi connectivity index (χ4n) is 2.12. The van der Waals surface area contributed by atoms with Gasteiger partial charge in [-0.05, 0) is 37.1 Å². The average Bonchev–Trinajstić information content (AvgIpc) is 2.88. The Labute approximate surface area is 123 Å². The van der Waals surface area contributed by atoms with Gasteiger partial charge in [-0.2, -0.15) is 5.10 Å². The van der Waals surface area contributed by atoms with Crippen LogP contribution < -0.4 is 5.73 Å². The van der Waals surface area contributed by atoms with Crippen LogP contribution in [0.15, 0.2) is 35.4 Å². The zero-order chi connectivity index (χ0) is 14.5. The molecular formula is C15H20FN3S. The van der Waals surface area contributed by atoms with Crippen LogP contribution in [0.4, 0.5) is 10.1 Å². The Kier molecular flexibility index (Phi) is 5.06. The number of nitrogen functional groups attached to an aromatic ring is 1. The van der Waals surface area contributed by atoms with E-state index in [1.54, 1.807) is 17.8 Å². The minimum Gasteiger partial charge on any atom is -0.398 e. The molecule has 0 aliphatic rings. The molecule has 0 saturated heterocycles. The van der Waals surface area contributed by atoms with E-state index in [2.05, 4.69) is 18.9 Å². The van der Waals surface area contributed by atoms with Gasteiger partial charge >= 0.3 is 0 Å². The minimum atomic E-state index is -0.301. The summed E-state index contributed by atoms with van der Waals surface area (Å²) in [5.41, 5.74) is 7.30. The molecule has 0 atom stereocenters. The van der Waals surface area contributed by atoms with Crippen molar-refractivity contribution in [2.75, 3.05) is 5.73 Å². The van der Waals surface area contributed by atoms with Crippen molar-refractivity contribution in [3.63, 3.8) is 0 Å². The van der Waals surface area contributed by atoms with E-state index in [4.69, 9.17) is 5.73 Å². The fraction of sp³-hybridized carbons (Fsp3) is 0.400. The molecule has 0 saturated carbocycles. The second-order valence-corrected chi connectivity index (χ2v) is 5.75. The third-order valence-electron chi connectivity index (χ3n) is 3.33. The van der Waals surface area contributed by atoms with Crippen LogP contribution in [0.5, 0.6) is 0 Å². The first kappa shape index (κ1) is 14.9. The van der Waals surface area contributed by atoms with Crippen LogP contribution in [-0.2, 0) is 5.75 Å². The maximum absolute atomic E-state index is 13.0. The maximum atomic E-state index is 13.0. The first-order chi connectivity index (χ1) is 9.63. The molecule has 5 heteroatoms. The van der Waals surface area contributed by atoms with Crippen molar-refractivity contribution >= 4 is 17.4 Å². The topological polar surface area (TPSA) is 43.8 Å². The van der Waals surface area contributed by atoms with Gasteiger partial charge < -0.3 is 5.73 Å². The number of rotatable bonds is 6. The summed E-state index contributed by atoms with van der Waals surface area (Å²) in [4.78, 5) is 0.892. The van der Waals surface area contributed by atoms with E-state index in [1.165, 1.54) is 12.1 Å². The monoisotopic (exact) mass is 293 g/mol. The number of hydrogen-bond acceptors (Lipinski definition) is 3. The highest BCUT2D eigenvalue weighted by Crippen LogP contribution is 2.28. The lowest BCUT2D eigenvalue weighted by Crippen LogP contribution is -2.07. The van der Waals surface area contributed by atoms with Crippen molar-refractivity contribution in [2.24, 2.45) is 0 Å². The average molecular weight is 293 g/mol. The maximum Gasteiger partial charge on any atom is 0.125 e. The van der Waals surface area contributed by atoms with E-state index >= 15 is 0 Å². The summed E-state index contributed by atoms with van der Waals surface area (Å²) < 4.78 is 15.0. The lowest BCUT2D eigenvalue weighted by molar-refractivity contribution is 0.426. The predicted octanol–water partition coefficient (Wildman–Crippen LogP) is 4.26. The molecule has 0 spiro atoms. The number of nitrogens with two attached hydrogens (primary N) is 1. The van der Waals surface area contributed by atoms with Gasteiger partial charge in [-0.25, -0.2) is 4.39 Å². The molecule has 0 unspecified atom stereocenters. The molecule has 2 N–H and O–H groups in total. The number of hydrogen-bond donors (Lipinski definition) is 1. The van der Waals surface area contributed by atoms with Gasteiger partial charge in [0.25, 0.3) is 0 Å². The van der Waals surface area contributed by atoms with Crippen molar-refractivity contribution in [3.05, 3.63) is 42.0 Å². The first-order valence-electron chi connectivity index (χ1n) is 6.85. The van der Waals surface area contributed by atoms with Crippen molar-refractivity contribution in [2.45, 2.75) is 43.4 Å². The van der Waals surface area contributed by atoms with E-state index in [1.807, 2.05) is 16.9 Å². The third-order valence-corrected chi connectivity index (χ3v) is 4.45. The van der Waals surface area contributed by atoms with Crippen molar-refractivity contribution in [3.8, 4) is 0 Å². The molecule has 0 fully saturated rings. The summed E-state index contributed by atoms with van der Waals surface area (Å²) in [5, 5.41) is 4.60. The highest BCUT2D eigenvalue weighted by atomic mass is 32.2. The molecule has 3 nitrogen and oxygen atoms in total. The molecular weight excluding hydrogens is 273 g/mol. The lowest BCUT2D eigenvalue weighted by atomic mass is 10.2. The fourth-order valence-corrected chi connectivity index (χ4v) is 2.97. The molecule has 0 bridgehead atoms. The van der Waals surface area contributed by atoms with Crippen molar-refractivity contribution in [1.82, 2.24) is 9.78 Å². The van der Waals surface area contributed by atoms with Crippen LogP contribution in [0.2, 0.25) is 0 Å². The van der Waals surface area contributed by atoms with E-state index in [9.17, 15) is 4.39 Å². The predicted molar refractivity (Wildman–Crippen MR) is 82.2 cm³/mol. The highest BCUT2D eigenvalue weighted by Gasteiger charge is 2.09. The highest BCUT2D eigenvalue weighted by molar-refractivity contribution is 7.98. The molecule has 20 heavy (non-hydrogen) atoms. The molecule has 0 aliphatic heterocycles. The van der Waals surface area contributed by atoms with Crippen LogP contribution in [0.3, 0.4) is 0 Å². The Morgan fingerprint density at radius 2 is 2.05 bits per heavy atom. The van der Waals surface area contributed by atoms with E-state index in [-0.39, 0.29) is 5.82 Å². The number of halogens is 1. The smallest absolute Gasteiger partial charge is 0.125 e. The summed E-state index contributed by atoms with van der Waals surface area (Å²) in [7, 11) is 0. The molecule has 0 radical (unpaired) electrons. The van der Waals surface area contributed by atoms with E-state index < -0.39 is 0 Å². The number of aromatic nitrogens is 2. The zero-order valence-electron chi connectivity index (χ0n) is 11.8. The molecule has 2 aromatic rings. The van der Waals surface area contributed by atoms with Crippen LogP contribution in [-0.4, -0.2) is 9.78 Å².